The fraction of sp³-hybridized carbons (Fsp3) is 0.500. The maximum absolute atomic E-state index is 11.5. The quantitative estimate of drug-likeness (QED) is 0.439. The predicted octanol–water partition coefficient (Wildman–Crippen LogP) is -0.453. The molecule has 0 aromatic carbocycles. The number of furan rings is 1. The number of rotatable bonds is 3. The first kappa shape index (κ1) is 13.6. The Labute approximate surface area is 111 Å². The number of piperazine rings is 1. The van der Waals surface area contributed by atoms with Gasteiger partial charge in [0.2, 0.25) is 5.91 Å². The lowest BCUT2D eigenvalue weighted by molar-refractivity contribution is -0.130. The number of amides is 2. The highest BCUT2D eigenvalue weighted by Crippen LogP contribution is 2.14. The van der Waals surface area contributed by atoms with Gasteiger partial charge in [0.05, 0.1) is 18.4 Å². The van der Waals surface area contributed by atoms with Crippen molar-refractivity contribution < 1.29 is 14.0 Å². The van der Waals surface area contributed by atoms with Gasteiger partial charge in [0.1, 0.15) is 5.76 Å². The Morgan fingerprint density at radius 2 is 2.05 bits per heavy atom. The molecule has 0 saturated carbocycles. The van der Waals surface area contributed by atoms with E-state index in [4.69, 9.17) is 10.3 Å². The molecule has 0 aliphatic carbocycles. The van der Waals surface area contributed by atoms with E-state index in [-0.39, 0.29) is 11.8 Å². The summed E-state index contributed by atoms with van der Waals surface area (Å²) in [6, 6.07) is 1.60. The van der Waals surface area contributed by atoms with Crippen LogP contribution in [-0.2, 0) is 11.3 Å². The van der Waals surface area contributed by atoms with E-state index >= 15 is 0 Å². The van der Waals surface area contributed by atoms with Gasteiger partial charge in [-0.2, -0.15) is 0 Å². The van der Waals surface area contributed by atoms with E-state index in [1.165, 1.54) is 6.26 Å². The van der Waals surface area contributed by atoms with Crippen molar-refractivity contribution >= 4 is 11.8 Å². The van der Waals surface area contributed by atoms with Crippen LogP contribution in [0.5, 0.6) is 0 Å². The zero-order valence-electron chi connectivity index (χ0n) is 10.9. The molecule has 104 valence electrons. The van der Waals surface area contributed by atoms with Crippen LogP contribution < -0.4 is 11.3 Å². The molecule has 0 atom stereocenters. The fourth-order valence-corrected chi connectivity index (χ4v) is 2.17. The molecule has 0 bridgehead atoms. The number of hydrogen-bond acceptors (Lipinski definition) is 5. The van der Waals surface area contributed by atoms with Crippen LogP contribution in [0.15, 0.2) is 16.7 Å². The molecule has 1 aliphatic heterocycles. The lowest BCUT2D eigenvalue weighted by atomic mass is 10.2. The minimum absolute atomic E-state index is 0.0980. The van der Waals surface area contributed by atoms with Crippen LogP contribution >= 0.6 is 0 Å². The van der Waals surface area contributed by atoms with Crippen LogP contribution in [0.3, 0.4) is 0 Å². The Hall–Kier alpha value is -1.86. The van der Waals surface area contributed by atoms with Crippen molar-refractivity contribution in [2.45, 2.75) is 13.5 Å². The molecule has 1 fully saturated rings. The molecule has 1 saturated heterocycles. The Morgan fingerprint density at radius 1 is 1.37 bits per heavy atom. The Balaban J connectivity index is 1.94. The monoisotopic (exact) mass is 266 g/mol. The molecular formula is C12H18N4O3. The van der Waals surface area contributed by atoms with Gasteiger partial charge in [0, 0.05) is 33.1 Å². The summed E-state index contributed by atoms with van der Waals surface area (Å²) in [5, 5.41) is 0. The molecule has 3 N–H and O–H groups in total. The highest BCUT2D eigenvalue weighted by atomic mass is 16.3. The predicted molar refractivity (Wildman–Crippen MR) is 67.9 cm³/mol. The van der Waals surface area contributed by atoms with E-state index in [0.29, 0.717) is 31.0 Å². The van der Waals surface area contributed by atoms with Gasteiger partial charge < -0.3 is 9.32 Å². The molecule has 0 radical (unpaired) electrons. The average Bonchev–Trinajstić information content (AvgIpc) is 2.86. The van der Waals surface area contributed by atoms with Crippen molar-refractivity contribution in [3.63, 3.8) is 0 Å². The lowest BCUT2D eigenvalue weighted by Gasteiger charge is -2.33. The number of carbonyl (C=O) groups excluding carboxylic acids is 2. The highest BCUT2D eigenvalue weighted by molar-refractivity contribution is 5.94. The summed E-state index contributed by atoms with van der Waals surface area (Å²) in [7, 11) is 0. The second-order valence-corrected chi connectivity index (χ2v) is 4.51. The molecular weight excluding hydrogens is 248 g/mol. The smallest absolute Gasteiger partial charge is 0.268 e. The summed E-state index contributed by atoms with van der Waals surface area (Å²) in [5.74, 6) is 5.46. The number of carbonyl (C=O) groups is 2. The molecule has 0 unspecified atom stereocenters. The summed E-state index contributed by atoms with van der Waals surface area (Å²) in [6.45, 7) is 5.06. The normalized spacial score (nSPS) is 16.4. The molecule has 2 rings (SSSR count). The second kappa shape index (κ2) is 5.85. The fourth-order valence-electron chi connectivity index (χ4n) is 2.17. The molecule has 19 heavy (non-hydrogen) atoms. The van der Waals surface area contributed by atoms with Crippen molar-refractivity contribution in [1.29, 1.82) is 0 Å². The topological polar surface area (TPSA) is 91.8 Å². The third kappa shape index (κ3) is 3.12. The standard InChI is InChI=1S/C12H18N4O3/c1-9(17)16-5-3-15(4-6-16)8-11-10(2-7-19-11)12(18)14-13/h2,7H,3-6,8,13H2,1H3,(H,14,18). The zero-order valence-corrected chi connectivity index (χ0v) is 10.9. The number of nitrogens with one attached hydrogen (secondary N) is 1. The Kier molecular flexibility index (Phi) is 4.18. The van der Waals surface area contributed by atoms with Crippen molar-refractivity contribution in [3.05, 3.63) is 23.7 Å². The van der Waals surface area contributed by atoms with Gasteiger partial charge >= 0.3 is 0 Å². The Morgan fingerprint density at radius 3 is 2.63 bits per heavy atom. The molecule has 7 nitrogen and oxygen atoms in total. The summed E-state index contributed by atoms with van der Waals surface area (Å²) in [5.41, 5.74) is 2.55. The zero-order chi connectivity index (χ0) is 13.8. The van der Waals surface area contributed by atoms with Crippen molar-refractivity contribution in [2.24, 2.45) is 5.84 Å². The summed E-state index contributed by atoms with van der Waals surface area (Å²) in [4.78, 5) is 26.7. The summed E-state index contributed by atoms with van der Waals surface area (Å²) < 4.78 is 5.33. The van der Waals surface area contributed by atoms with Crippen molar-refractivity contribution in [1.82, 2.24) is 15.2 Å². The third-order valence-corrected chi connectivity index (χ3v) is 3.31. The summed E-state index contributed by atoms with van der Waals surface area (Å²) in [6.07, 6.45) is 1.48. The van der Waals surface area contributed by atoms with Crippen LogP contribution in [0.1, 0.15) is 23.0 Å². The van der Waals surface area contributed by atoms with Gasteiger partial charge in [-0.1, -0.05) is 0 Å². The van der Waals surface area contributed by atoms with Crippen molar-refractivity contribution in [3.8, 4) is 0 Å². The minimum Gasteiger partial charge on any atom is -0.467 e. The van der Waals surface area contributed by atoms with Gasteiger partial charge in [-0.05, 0) is 6.07 Å². The van der Waals surface area contributed by atoms with Gasteiger partial charge in [0.15, 0.2) is 0 Å². The third-order valence-electron chi connectivity index (χ3n) is 3.31. The molecule has 1 aromatic heterocycles. The second-order valence-electron chi connectivity index (χ2n) is 4.51. The number of nitrogen functional groups attached to an aromatic ring is 1. The van der Waals surface area contributed by atoms with E-state index in [0.717, 1.165) is 13.1 Å². The largest absolute Gasteiger partial charge is 0.467 e. The molecule has 1 aliphatic rings. The number of nitrogens with two attached hydrogens (primary N) is 1. The summed E-state index contributed by atoms with van der Waals surface area (Å²) >= 11 is 0. The SMILES string of the molecule is CC(=O)N1CCN(Cc2occc2C(=O)NN)CC1. The van der Waals surface area contributed by atoms with Gasteiger partial charge in [-0.25, -0.2) is 5.84 Å². The Bertz CT molecular complexity index is 463. The van der Waals surface area contributed by atoms with E-state index < -0.39 is 0 Å². The number of hydrazine groups is 1. The lowest BCUT2D eigenvalue weighted by Crippen LogP contribution is -2.47. The van der Waals surface area contributed by atoms with Crippen LogP contribution in [0, 0.1) is 0 Å². The molecule has 2 heterocycles. The molecule has 7 heteroatoms. The van der Waals surface area contributed by atoms with Crippen LogP contribution in [0.2, 0.25) is 0 Å². The van der Waals surface area contributed by atoms with Crippen LogP contribution in [0.25, 0.3) is 0 Å². The first-order valence-corrected chi connectivity index (χ1v) is 6.17. The van der Waals surface area contributed by atoms with Crippen LogP contribution in [-0.4, -0.2) is 47.8 Å². The average molecular weight is 266 g/mol. The van der Waals surface area contributed by atoms with Crippen molar-refractivity contribution in [2.75, 3.05) is 26.2 Å². The maximum Gasteiger partial charge on any atom is 0.268 e. The van der Waals surface area contributed by atoms with E-state index in [9.17, 15) is 9.59 Å². The molecule has 1 aromatic rings. The number of hydrogen-bond donors (Lipinski definition) is 2. The van der Waals surface area contributed by atoms with Gasteiger partial charge in [-0.15, -0.1) is 0 Å². The van der Waals surface area contributed by atoms with Gasteiger partial charge in [-0.3, -0.25) is 19.9 Å². The maximum atomic E-state index is 11.5. The van der Waals surface area contributed by atoms with E-state index in [1.807, 2.05) is 4.90 Å². The molecule has 2 amide bonds. The highest BCUT2D eigenvalue weighted by Gasteiger charge is 2.21. The first-order chi connectivity index (χ1) is 9.11. The van der Waals surface area contributed by atoms with E-state index in [1.54, 1.807) is 13.0 Å². The first-order valence-electron chi connectivity index (χ1n) is 6.17. The number of nitrogens with zero attached hydrogens (tertiary/aromatic N) is 2. The minimum atomic E-state index is -0.355. The van der Waals surface area contributed by atoms with E-state index in [2.05, 4.69) is 10.3 Å². The van der Waals surface area contributed by atoms with Gasteiger partial charge in [0.25, 0.3) is 5.91 Å². The van der Waals surface area contributed by atoms with Crippen LogP contribution in [0.4, 0.5) is 0 Å². The molecule has 0 spiro atoms.